The lowest BCUT2D eigenvalue weighted by Gasteiger charge is -2.56. The topological polar surface area (TPSA) is 92.3 Å². The maximum atomic E-state index is 12.7. The second-order valence-electron chi connectivity index (χ2n) is 8.89. The third-order valence-electron chi connectivity index (χ3n) is 6.65. The average molecular weight is 407 g/mol. The predicted octanol–water partition coefficient (Wildman–Crippen LogP) is 2.41. The molecular weight excluding hydrogens is 380 g/mol. The van der Waals surface area contributed by atoms with Gasteiger partial charge in [0.05, 0.1) is 6.10 Å². The number of carbonyl (C=O) groups excluding carboxylic acids is 1. The van der Waals surface area contributed by atoms with Gasteiger partial charge in [0.15, 0.2) is 0 Å². The highest BCUT2D eigenvalue weighted by molar-refractivity contribution is 6.28. The highest BCUT2D eigenvalue weighted by atomic mass is 35.5. The zero-order valence-corrected chi connectivity index (χ0v) is 16.9. The van der Waals surface area contributed by atoms with Gasteiger partial charge in [0.25, 0.3) is 0 Å². The van der Waals surface area contributed by atoms with E-state index in [0.29, 0.717) is 29.7 Å². The van der Waals surface area contributed by atoms with Gasteiger partial charge in [-0.15, -0.1) is 0 Å². The predicted molar refractivity (Wildman–Crippen MR) is 104 cm³/mol. The molecule has 5 aliphatic rings. The summed E-state index contributed by atoms with van der Waals surface area (Å²) in [4.78, 5) is 27.4. The summed E-state index contributed by atoms with van der Waals surface area (Å²) in [5.41, 5.74) is -0.432. The molecule has 3 saturated heterocycles. The average Bonchev–Trinajstić information content (AvgIpc) is 2.59. The SMILES string of the molecule is Cc1nc(Cl)nc(N2CCC(NC(=O)NC34CC5CC(CC(C5)O3)C4)CC2)n1. The first-order chi connectivity index (χ1) is 13.5. The molecule has 0 radical (unpaired) electrons. The Morgan fingerprint density at radius 2 is 1.86 bits per heavy atom. The third-order valence-corrected chi connectivity index (χ3v) is 6.82. The van der Waals surface area contributed by atoms with Gasteiger partial charge in [0.2, 0.25) is 11.2 Å². The summed E-state index contributed by atoms with van der Waals surface area (Å²) in [7, 11) is 0. The van der Waals surface area contributed by atoms with Crippen molar-refractivity contribution in [2.75, 3.05) is 18.0 Å². The molecule has 8 nitrogen and oxygen atoms in total. The number of rotatable bonds is 3. The van der Waals surface area contributed by atoms with Gasteiger partial charge in [-0.3, -0.25) is 0 Å². The number of carbonyl (C=O) groups is 1. The van der Waals surface area contributed by atoms with Crippen LogP contribution in [0.2, 0.25) is 5.28 Å². The number of piperidine rings is 1. The summed E-state index contributed by atoms with van der Waals surface area (Å²) in [5, 5.41) is 6.57. The molecule has 28 heavy (non-hydrogen) atoms. The van der Waals surface area contributed by atoms with E-state index in [1.165, 1.54) is 19.3 Å². The molecular formula is C19H27ClN6O2. The van der Waals surface area contributed by atoms with Crippen LogP contribution in [0.1, 0.15) is 50.8 Å². The smallest absolute Gasteiger partial charge is 0.317 e. The van der Waals surface area contributed by atoms with Gasteiger partial charge >= 0.3 is 6.03 Å². The molecule has 4 heterocycles. The van der Waals surface area contributed by atoms with Crippen molar-refractivity contribution in [1.82, 2.24) is 25.6 Å². The molecule has 5 fully saturated rings. The number of urea groups is 1. The number of halogens is 1. The number of ether oxygens (including phenoxy) is 1. The number of amides is 2. The molecule has 1 aromatic heterocycles. The zero-order chi connectivity index (χ0) is 19.3. The quantitative estimate of drug-likeness (QED) is 0.800. The van der Waals surface area contributed by atoms with E-state index in [-0.39, 0.29) is 17.4 Å². The number of nitrogens with one attached hydrogen (secondary N) is 2. The monoisotopic (exact) mass is 406 g/mol. The first kappa shape index (κ1) is 18.4. The summed E-state index contributed by atoms with van der Waals surface area (Å²) in [6.07, 6.45) is 7.60. The Morgan fingerprint density at radius 3 is 2.50 bits per heavy atom. The van der Waals surface area contributed by atoms with Crippen LogP contribution in [0.25, 0.3) is 0 Å². The molecule has 152 valence electrons. The van der Waals surface area contributed by atoms with E-state index in [9.17, 15) is 4.79 Å². The molecule has 0 spiro atoms. The molecule has 3 aliphatic heterocycles. The lowest BCUT2D eigenvalue weighted by molar-refractivity contribution is -0.228. The minimum absolute atomic E-state index is 0.0977. The first-order valence-corrected chi connectivity index (χ1v) is 10.7. The minimum atomic E-state index is -0.432. The standard InChI is InChI=1S/C19H27ClN6O2/c1-11-21-16(20)24-17(22-11)26-4-2-14(3-5-26)23-18(27)25-19-9-12-6-13(10-19)8-15(7-12)28-19/h12-15H,2-10H2,1H3,(H2,23,25,27). The number of aryl methyl sites for hydroxylation is 1. The summed E-state index contributed by atoms with van der Waals surface area (Å²) < 4.78 is 6.25. The molecule has 9 heteroatoms. The van der Waals surface area contributed by atoms with E-state index in [1.807, 2.05) is 6.92 Å². The van der Waals surface area contributed by atoms with Crippen LogP contribution in [-0.2, 0) is 4.74 Å². The van der Waals surface area contributed by atoms with E-state index in [2.05, 4.69) is 30.5 Å². The van der Waals surface area contributed by atoms with Gasteiger partial charge in [0.1, 0.15) is 11.5 Å². The molecule has 0 aromatic carbocycles. The van der Waals surface area contributed by atoms with E-state index in [4.69, 9.17) is 16.3 Å². The van der Waals surface area contributed by atoms with E-state index in [1.54, 1.807) is 0 Å². The maximum Gasteiger partial charge on any atom is 0.317 e. The second-order valence-corrected chi connectivity index (χ2v) is 9.23. The maximum absolute atomic E-state index is 12.7. The molecule has 1 aromatic rings. The Morgan fingerprint density at radius 1 is 1.14 bits per heavy atom. The highest BCUT2D eigenvalue weighted by Gasteiger charge is 2.52. The largest absolute Gasteiger partial charge is 0.352 e. The Labute approximate surface area is 169 Å². The summed E-state index contributed by atoms with van der Waals surface area (Å²) in [5.74, 6) is 2.66. The fraction of sp³-hybridized carbons (Fsp3) is 0.789. The lowest BCUT2D eigenvalue weighted by atomic mass is 9.65. The summed E-state index contributed by atoms with van der Waals surface area (Å²) >= 11 is 5.95. The number of hydrogen-bond donors (Lipinski definition) is 2. The molecule has 6 rings (SSSR count). The summed E-state index contributed by atoms with van der Waals surface area (Å²) in [6.45, 7) is 3.36. The Kier molecular flexibility index (Phi) is 4.58. The number of aromatic nitrogens is 3. The van der Waals surface area contributed by atoms with Crippen LogP contribution in [0.3, 0.4) is 0 Å². The second kappa shape index (κ2) is 6.99. The van der Waals surface area contributed by atoms with Crippen LogP contribution < -0.4 is 15.5 Å². The Balaban J connectivity index is 1.14. The molecule has 2 N–H and O–H groups in total. The van der Waals surface area contributed by atoms with Crippen molar-refractivity contribution in [3.05, 3.63) is 11.1 Å². The zero-order valence-electron chi connectivity index (χ0n) is 16.2. The fourth-order valence-corrected chi connectivity index (χ4v) is 5.92. The van der Waals surface area contributed by atoms with Crippen LogP contribution in [0.15, 0.2) is 0 Å². The first-order valence-electron chi connectivity index (χ1n) is 10.4. The van der Waals surface area contributed by atoms with Crippen molar-refractivity contribution in [3.63, 3.8) is 0 Å². The van der Waals surface area contributed by atoms with Crippen molar-refractivity contribution < 1.29 is 9.53 Å². The van der Waals surface area contributed by atoms with Gasteiger partial charge in [0, 0.05) is 19.1 Å². The van der Waals surface area contributed by atoms with Crippen LogP contribution in [0.4, 0.5) is 10.7 Å². The van der Waals surface area contributed by atoms with Gasteiger partial charge in [-0.05, 0) is 75.3 Å². The van der Waals surface area contributed by atoms with Gasteiger partial charge in [-0.25, -0.2) is 9.78 Å². The lowest BCUT2D eigenvalue weighted by Crippen LogP contribution is -2.65. The molecule has 4 bridgehead atoms. The number of anilines is 1. The third kappa shape index (κ3) is 3.64. The van der Waals surface area contributed by atoms with Crippen LogP contribution in [0, 0.1) is 18.8 Å². The number of hydrogen-bond acceptors (Lipinski definition) is 6. The van der Waals surface area contributed by atoms with Crippen LogP contribution in [0.5, 0.6) is 0 Å². The van der Waals surface area contributed by atoms with Crippen molar-refractivity contribution in [1.29, 1.82) is 0 Å². The molecule has 2 amide bonds. The minimum Gasteiger partial charge on any atom is -0.352 e. The van der Waals surface area contributed by atoms with Crippen molar-refractivity contribution in [2.24, 2.45) is 11.8 Å². The van der Waals surface area contributed by atoms with Crippen molar-refractivity contribution in [3.8, 4) is 0 Å². The Bertz CT molecular complexity index is 711. The van der Waals surface area contributed by atoms with Gasteiger partial charge in [-0.1, -0.05) is 0 Å². The van der Waals surface area contributed by atoms with Crippen LogP contribution in [-0.4, -0.2) is 51.9 Å². The molecule has 2 aliphatic carbocycles. The highest BCUT2D eigenvalue weighted by Crippen LogP contribution is 2.51. The van der Waals surface area contributed by atoms with Crippen molar-refractivity contribution >= 4 is 23.6 Å². The van der Waals surface area contributed by atoms with E-state index in [0.717, 1.165) is 38.8 Å². The van der Waals surface area contributed by atoms with Gasteiger partial charge < -0.3 is 20.3 Å². The normalized spacial score (nSPS) is 34.5. The van der Waals surface area contributed by atoms with E-state index < -0.39 is 5.72 Å². The molecule has 2 unspecified atom stereocenters. The van der Waals surface area contributed by atoms with Crippen LogP contribution >= 0.6 is 11.6 Å². The fourth-order valence-electron chi connectivity index (χ4n) is 5.73. The molecule has 2 atom stereocenters. The van der Waals surface area contributed by atoms with Gasteiger partial charge in [-0.2, -0.15) is 9.97 Å². The summed E-state index contributed by atoms with van der Waals surface area (Å²) in [6, 6.07) is 0.0445. The van der Waals surface area contributed by atoms with Crippen molar-refractivity contribution in [2.45, 2.75) is 69.7 Å². The Hall–Kier alpha value is -1.67. The van der Waals surface area contributed by atoms with E-state index >= 15 is 0 Å². The number of nitrogens with zero attached hydrogens (tertiary/aromatic N) is 4. The molecule has 2 saturated carbocycles.